The van der Waals surface area contributed by atoms with Crippen molar-refractivity contribution in [2.45, 2.75) is 39.2 Å². The van der Waals surface area contributed by atoms with Crippen molar-refractivity contribution >= 4 is 11.6 Å². The van der Waals surface area contributed by atoms with E-state index in [1.54, 1.807) is 0 Å². The van der Waals surface area contributed by atoms with E-state index in [-0.39, 0.29) is 11.9 Å². The van der Waals surface area contributed by atoms with E-state index in [1.165, 1.54) is 0 Å². The minimum Gasteiger partial charge on any atom is -0.491 e. The van der Waals surface area contributed by atoms with Gasteiger partial charge in [0.05, 0.1) is 18.3 Å². The van der Waals surface area contributed by atoms with Crippen molar-refractivity contribution in [3.8, 4) is 5.75 Å². The van der Waals surface area contributed by atoms with Gasteiger partial charge < -0.3 is 15.4 Å². The van der Waals surface area contributed by atoms with Gasteiger partial charge in [-0.05, 0) is 50.4 Å². The Labute approximate surface area is 114 Å². The second kappa shape index (κ2) is 6.57. The fraction of sp³-hybridized carbons (Fsp3) is 0.533. The van der Waals surface area contributed by atoms with Crippen LogP contribution in [0, 0.1) is 6.92 Å². The van der Waals surface area contributed by atoms with Gasteiger partial charge in [-0.1, -0.05) is 13.0 Å². The predicted molar refractivity (Wildman–Crippen MR) is 76.6 cm³/mol. The number of benzene rings is 1. The lowest BCUT2D eigenvalue weighted by atomic mass is 10.2. The third kappa shape index (κ3) is 3.70. The van der Waals surface area contributed by atoms with E-state index in [0.29, 0.717) is 6.61 Å². The molecule has 0 spiro atoms. The molecule has 2 N–H and O–H groups in total. The maximum absolute atomic E-state index is 12.1. The van der Waals surface area contributed by atoms with E-state index in [2.05, 4.69) is 17.6 Å². The highest BCUT2D eigenvalue weighted by Crippen LogP contribution is 2.26. The monoisotopic (exact) mass is 262 g/mol. The van der Waals surface area contributed by atoms with Crippen LogP contribution in [0.5, 0.6) is 5.75 Å². The Morgan fingerprint density at radius 3 is 3.05 bits per heavy atom. The first-order valence-corrected chi connectivity index (χ1v) is 6.98. The molecule has 1 amide bonds. The molecule has 1 saturated heterocycles. The van der Waals surface area contributed by atoms with E-state index in [1.807, 2.05) is 25.1 Å². The summed E-state index contributed by atoms with van der Waals surface area (Å²) in [5.41, 5.74) is 1.89. The highest BCUT2D eigenvalue weighted by Gasteiger charge is 2.22. The lowest BCUT2D eigenvalue weighted by molar-refractivity contribution is -0.117. The van der Waals surface area contributed by atoms with Crippen molar-refractivity contribution in [1.82, 2.24) is 5.32 Å². The largest absolute Gasteiger partial charge is 0.491 e. The first-order valence-electron chi connectivity index (χ1n) is 6.98. The lowest BCUT2D eigenvalue weighted by Crippen LogP contribution is -2.35. The van der Waals surface area contributed by atoms with E-state index in [4.69, 9.17) is 4.74 Å². The third-order valence-corrected chi connectivity index (χ3v) is 3.23. The molecule has 1 heterocycles. The zero-order chi connectivity index (χ0) is 13.7. The standard InChI is InChI=1S/C15H22N2O2/c1-3-9-19-14-10-11(2)6-7-12(14)17-15(18)13-5-4-8-16-13/h6-7,10,13,16H,3-5,8-9H2,1-2H3,(H,17,18). The number of amides is 1. The zero-order valence-corrected chi connectivity index (χ0v) is 11.7. The Balaban J connectivity index is 2.07. The molecule has 104 valence electrons. The van der Waals surface area contributed by atoms with Crippen LogP contribution in [0.2, 0.25) is 0 Å². The molecule has 1 unspecified atom stereocenters. The lowest BCUT2D eigenvalue weighted by Gasteiger charge is -2.15. The van der Waals surface area contributed by atoms with Crippen LogP contribution in [0.4, 0.5) is 5.69 Å². The van der Waals surface area contributed by atoms with Crippen molar-refractivity contribution in [1.29, 1.82) is 0 Å². The number of carbonyl (C=O) groups excluding carboxylic acids is 1. The number of hydrogen-bond donors (Lipinski definition) is 2. The Hall–Kier alpha value is -1.55. The molecule has 19 heavy (non-hydrogen) atoms. The number of hydrogen-bond acceptors (Lipinski definition) is 3. The molecular weight excluding hydrogens is 240 g/mol. The average molecular weight is 262 g/mol. The molecule has 1 fully saturated rings. The molecule has 1 atom stereocenters. The van der Waals surface area contributed by atoms with Gasteiger partial charge in [0.1, 0.15) is 5.75 Å². The van der Waals surface area contributed by atoms with Crippen molar-refractivity contribution in [2.24, 2.45) is 0 Å². The predicted octanol–water partition coefficient (Wildman–Crippen LogP) is 2.47. The van der Waals surface area contributed by atoms with Crippen LogP contribution in [0.25, 0.3) is 0 Å². The Morgan fingerprint density at radius 2 is 2.37 bits per heavy atom. The van der Waals surface area contributed by atoms with E-state index in [0.717, 1.165) is 42.8 Å². The van der Waals surface area contributed by atoms with Crippen LogP contribution < -0.4 is 15.4 Å². The normalized spacial score (nSPS) is 18.3. The minimum atomic E-state index is -0.0691. The van der Waals surface area contributed by atoms with E-state index in [9.17, 15) is 4.79 Å². The van der Waals surface area contributed by atoms with Gasteiger partial charge in [-0.25, -0.2) is 0 Å². The van der Waals surface area contributed by atoms with Gasteiger partial charge in [0.15, 0.2) is 0 Å². The summed E-state index contributed by atoms with van der Waals surface area (Å²) in [5.74, 6) is 0.788. The quantitative estimate of drug-likeness (QED) is 0.857. The molecule has 0 aromatic heterocycles. The second-order valence-electron chi connectivity index (χ2n) is 4.99. The summed E-state index contributed by atoms with van der Waals surface area (Å²) in [7, 11) is 0. The van der Waals surface area contributed by atoms with Gasteiger partial charge in [-0.3, -0.25) is 4.79 Å². The number of carbonyl (C=O) groups is 1. The highest BCUT2D eigenvalue weighted by atomic mass is 16.5. The van der Waals surface area contributed by atoms with Crippen LogP contribution >= 0.6 is 0 Å². The molecule has 4 nitrogen and oxygen atoms in total. The third-order valence-electron chi connectivity index (χ3n) is 3.23. The highest BCUT2D eigenvalue weighted by molar-refractivity contribution is 5.96. The fourth-order valence-electron chi connectivity index (χ4n) is 2.19. The number of nitrogens with one attached hydrogen (secondary N) is 2. The molecule has 0 aliphatic carbocycles. The van der Waals surface area contributed by atoms with Gasteiger partial charge in [0, 0.05) is 0 Å². The van der Waals surface area contributed by atoms with Crippen LogP contribution in [0.1, 0.15) is 31.7 Å². The number of anilines is 1. The van der Waals surface area contributed by atoms with Gasteiger partial charge in [0.25, 0.3) is 0 Å². The Morgan fingerprint density at radius 1 is 1.53 bits per heavy atom. The summed E-state index contributed by atoms with van der Waals surface area (Å²) in [6.45, 7) is 5.67. The van der Waals surface area contributed by atoms with E-state index >= 15 is 0 Å². The van der Waals surface area contributed by atoms with E-state index < -0.39 is 0 Å². The number of aryl methyl sites for hydroxylation is 1. The van der Waals surface area contributed by atoms with Crippen LogP contribution in [0.15, 0.2) is 18.2 Å². The van der Waals surface area contributed by atoms with Gasteiger partial charge in [-0.15, -0.1) is 0 Å². The summed E-state index contributed by atoms with van der Waals surface area (Å²) < 4.78 is 5.70. The van der Waals surface area contributed by atoms with Crippen molar-refractivity contribution in [3.05, 3.63) is 23.8 Å². The molecule has 1 aliphatic rings. The average Bonchev–Trinajstić information content (AvgIpc) is 2.93. The summed E-state index contributed by atoms with van der Waals surface area (Å²) in [6.07, 6.45) is 2.92. The molecule has 2 rings (SSSR count). The molecule has 4 heteroatoms. The Bertz CT molecular complexity index is 440. The molecule has 1 aromatic rings. The van der Waals surface area contributed by atoms with Crippen molar-refractivity contribution in [2.75, 3.05) is 18.5 Å². The fourth-order valence-corrected chi connectivity index (χ4v) is 2.19. The molecule has 0 bridgehead atoms. The van der Waals surface area contributed by atoms with Gasteiger partial charge in [-0.2, -0.15) is 0 Å². The first kappa shape index (κ1) is 13.9. The van der Waals surface area contributed by atoms with Gasteiger partial charge in [0.2, 0.25) is 5.91 Å². The summed E-state index contributed by atoms with van der Waals surface area (Å²) in [6, 6.07) is 5.79. The topological polar surface area (TPSA) is 50.4 Å². The molecule has 1 aliphatic heterocycles. The second-order valence-corrected chi connectivity index (χ2v) is 4.99. The SMILES string of the molecule is CCCOc1cc(C)ccc1NC(=O)C1CCCN1. The van der Waals surface area contributed by atoms with Crippen LogP contribution in [0.3, 0.4) is 0 Å². The molecule has 0 radical (unpaired) electrons. The summed E-state index contributed by atoms with van der Waals surface area (Å²) in [4.78, 5) is 12.1. The van der Waals surface area contributed by atoms with Crippen molar-refractivity contribution < 1.29 is 9.53 Å². The first-order chi connectivity index (χ1) is 9.20. The summed E-state index contributed by atoms with van der Waals surface area (Å²) >= 11 is 0. The molecule has 0 saturated carbocycles. The van der Waals surface area contributed by atoms with Gasteiger partial charge >= 0.3 is 0 Å². The number of ether oxygens (including phenoxy) is 1. The molecule has 1 aromatic carbocycles. The smallest absolute Gasteiger partial charge is 0.241 e. The zero-order valence-electron chi connectivity index (χ0n) is 11.7. The number of rotatable bonds is 5. The van der Waals surface area contributed by atoms with Crippen molar-refractivity contribution in [3.63, 3.8) is 0 Å². The maximum Gasteiger partial charge on any atom is 0.241 e. The maximum atomic E-state index is 12.1. The molecular formula is C15H22N2O2. The minimum absolute atomic E-state index is 0.0303. The van der Waals surface area contributed by atoms with Crippen LogP contribution in [-0.2, 0) is 4.79 Å². The summed E-state index contributed by atoms with van der Waals surface area (Å²) in [5, 5.41) is 6.16. The Kier molecular flexibility index (Phi) is 4.80. The van der Waals surface area contributed by atoms with Crippen LogP contribution in [-0.4, -0.2) is 25.1 Å².